The molecule has 0 atom stereocenters. The molecule has 22 heavy (non-hydrogen) atoms. The summed E-state index contributed by atoms with van der Waals surface area (Å²) in [7, 11) is 0. The van der Waals surface area contributed by atoms with Gasteiger partial charge in [-0.25, -0.2) is 4.98 Å². The van der Waals surface area contributed by atoms with Crippen LogP contribution in [0.15, 0.2) is 36.4 Å². The number of nitrogens with zero attached hydrogens (tertiary/aromatic N) is 3. The molecule has 0 aliphatic carbocycles. The normalized spacial score (nSPS) is 15.4. The molecule has 0 unspecified atom stereocenters. The van der Waals surface area contributed by atoms with Crippen LogP contribution in [0.5, 0.6) is 0 Å². The van der Waals surface area contributed by atoms with Gasteiger partial charge in [-0.05, 0) is 30.9 Å². The van der Waals surface area contributed by atoms with E-state index in [9.17, 15) is 0 Å². The number of hydrogen-bond acceptors (Lipinski definition) is 4. The quantitative estimate of drug-likeness (QED) is 0.761. The summed E-state index contributed by atoms with van der Waals surface area (Å²) in [5.41, 5.74) is 9.97. The van der Waals surface area contributed by atoms with Crippen LogP contribution in [-0.2, 0) is 0 Å². The monoisotopic (exact) mass is 293 g/mol. The minimum absolute atomic E-state index is 0.340. The number of anilines is 2. The number of piperidine rings is 1. The second-order valence-corrected chi connectivity index (χ2v) is 5.76. The molecule has 0 bridgehead atoms. The van der Waals surface area contributed by atoms with Crippen molar-refractivity contribution in [3.8, 4) is 11.3 Å². The van der Waals surface area contributed by atoms with E-state index in [0.29, 0.717) is 5.95 Å². The van der Waals surface area contributed by atoms with E-state index in [-0.39, 0.29) is 0 Å². The summed E-state index contributed by atoms with van der Waals surface area (Å²) in [6, 6.07) is 12.3. The molecule has 0 saturated carbocycles. The number of fused-ring (bicyclic) bond motifs is 1. The highest BCUT2D eigenvalue weighted by molar-refractivity contribution is 5.91. The number of H-pyrrole nitrogens is 1. The largest absolute Gasteiger partial charge is 0.368 e. The fourth-order valence-corrected chi connectivity index (χ4v) is 3.12. The van der Waals surface area contributed by atoms with Gasteiger partial charge < -0.3 is 15.6 Å². The lowest BCUT2D eigenvalue weighted by molar-refractivity contribution is 0.574. The SMILES string of the molecule is Nc1nc(N2CCCCC2)c2[nH]c(-c3ccccc3)cc2n1. The van der Waals surface area contributed by atoms with E-state index in [2.05, 4.69) is 38.1 Å². The maximum Gasteiger partial charge on any atom is 0.222 e. The Kier molecular flexibility index (Phi) is 3.18. The highest BCUT2D eigenvalue weighted by Crippen LogP contribution is 2.30. The van der Waals surface area contributed by atoms with Crippen molar-refractivity contribution in [3.05, 3.63) is 36.4 Å². The highest BCUT2D eigenvalue weighted by Gasteiger charge is 2.18. The van der Waals surface area contributed by atoms with Crippen molar-refractivity contribution in [2.75, 3.05) is 23.7 Å². The first kappa shape index (κ1) is 13.1. The summed E-state index contributed by atoms with van der Waals surface area (Å²) in [5, 5.41) is 0. The molecule has 1 aliphatic heterocycles. The van der Waals surface area contributed by atoms with Crippen molar-refractivity contribution in [3.63, 3.8) is 0 Å². The van der Waals surface area contributed by atoms with Crippen LogP contribution in [0.1, 0.15) is 19.3 Å². The van der Waals surface area contributed by atoms with Gasteiger partial charge in [0.05, 0.1) is 5.52 Å². The van der Waals surface area contributed by atoms with Gasteiger partial charge in [0.15, 0.2) is 5.82 Å². The van der Waals surface area contributed by atoms with Gasteiger partial charge in [-0.3, -0.25) is 0 Å². The second-order valence-electron chi connectivity index (χ2n) is 5.76. The Morgan fingerprint density at radius 2 is 1.77 bits per heavy atom. The average Bonchev–Trinajstić information content (AvgIpc) is 2.99. The first-order chi connectivity index (χ1) is 10.8. The number of aromatic nitrogens is 3. The zero-order chi connectivity index (χ0) is 14.9. The van der Waals surface area contributed by atoms with Gasteiger partial charge in [-0.2, -0.15) is 4.98 Å². The van der Waals surface area contributed by atoms with Gasteiger partial charge in [0.2, 0.25) is 5.95 Å². The Labute approximate surface area is 129 Å². The van der Waals surface area contributed by atoms with Crippen LogP contribution in [0.25, 0.3) is 22.3 Å². The van der Waals surface area contributed by atoms with Gasteiger partial charge >= 0.3 is 0 Å². The summed E-state index contributed by atoms with van der Waals surface area (Å²) < 4.78 is 0. The second kappa shape index (κ2) is 5.33. The van der Waals surface area contributed by atoms with Crippen LogP contribution in [0, 0.1) is 0 Å². The first-order valence-corrected chi connectivity index (χ1v) is 7.78. The van der Waals surface area contributed by atoms with Crippen molar-refractivity contribution in [2.45, 2.75) is 19.3 Å². The smallest absolute Gasteiger partial charge is 0.222 e. The molecule has 3 aromatic rings. The Morgan fingerprint density at radius 1 is 1.00 bits per heavy atom. The van der Waals surface area contributed by atoms with Crippen molar-refractivity contribution < 1.29 is 0 Å². The molecule has 1 aromatic carbocycles. The van der Waals surface area contributed by atoms with Crippen LogP contribution >= 0.6 is 0 Å². The van der Waals surface area contributed by atoms with Gasteiger partial charge in [0.25, 0.3) is 0 Å². The average molecular weight is 293 g/mol. The molecular formula is C17H19N5. The van der Waals surface area contributed by atoms with Crippen LogP contribution in [0.2, 0.25) is 0 Å². The van der Waals surface area contributed by atoms with Gasteiger partial charge in [-0.15, -0.1) is 0 Å². The Balaban J connectivity index is 1.84. The number of aromatic amines is 1. The standard InChI is InChI=1S/C17H19N5/c18-17-20-14-11-13(12-7-3-1-4-8-12)19-15(14)16(21-17)22-9-5-2-6-10-22/h1,3-4,7-8,11,19H,2,5-6,9-10H2,(H2,18,20,21). The molecule has 0 spiro atoms. The third-order valence-corrected chi connectivity index (χ3v) is 4.22. The summed E-state index contributed by atoms with van der Waals surface area (Å²) in [6.45, 7) is 2.07. The molecule has 1 aliphatic rings. The molecule has 5 nitrogen and oxygen atoms in total. The predicted octanol–water partition coefficient (Wildman–Crippen LogP) is 3.20. The number of nitrogens with two attached hydrogens (primary N) is 1. The van der Waals surface area contributed by atoms with Crippen LogP contribution in [0.3, 0.4) is 0 Å². The van der Waals surface area contributed by atoms with Gasteiger partial charge in [0.1, 0.15) is 5.52 Å². The summed E-state index contributed by atoms with van der Waals surface area (Å²) in [6.07, 6.45) is 3.70. The Bertz CT molecular complexity index is 787. The molecule has 3 heterocycles. The van der Waals surface area contributed by atoms with Crippen LogP contribution in [-0.4, -0.2) is 28.0 Å². The summed E-state index contributed by atoms with van der Waals surface area (Å²) in [4.78, 5) is 14.7. The fraction of sp³-hybridized carbons (Fsp3) is 0.294. The summed E-state index contributed by atoms with van der Waals surface area (Å²) >= 11 is 0. The molecule has 4 rings (SSSR count). The number of nitrogens with one attached hydrogen (secondary N) is 1. The van der Waals surface area contributed by atoms with E-state index in [1.807, 2.05) is 18.2 Å². The van der Waals surface area contributed by atoms with Crippen molar-refractivity contribution >= 4 is 22.8 Å². The van der Waals surface area contributed by atoms with E-state index in [1.54, 1.807) is 0 Å². The number of hydrogen-bond donors (Lipinski definition) is 2. The minimum atomic E-state index is 0.340. The van der Waals surface area contributed by atoms with Crippen molar-refractivity contribution in [2.24, 2.45) is 0 Å². The molecule has 0 radical (unpaired) electrons. The van der Waals surface area contributed by atoms with Crippen LogP contribution in [0.4, 0.5) is 11.8 Å². The highest BCUT2D eigenvalue weighted by atomic mass is 15.2. The Morgan fingerprint density at radius 3 is 2.55 bits per heavy atom. The third kappa shape index (κ3) is 2.28. The molecule has 112 valence electrons. The van der Waals surface area contributed by atoms with E-state index >= 15 is 0 Å². The lowest BCUT2D eigenvalue weighted by Gasteiger charge is -2.28. The first-order valence-electron chi connectivity index (χ1n) is 7.78. The van der Waals surface area contributed by atoms with E-state index in [0.717, 1.165) is 41.2 Å². The maximum atomic E-state index is 5.92. The van der Waals surface area contributed by atoms with E-state index in [1.165, 1.54) is 19.3 Å². The molecule has 1 saturated heterocycles. The number of rotatable bonds is 2. The minimum Gasteiger partial charge on any atom is -0.368 e. The van der Waals surface area contributed by atoms with Gasteiger partial charge in [0, 0.05) is 18.8 Å². The zero-order valence-corrected chi connectivity index (χ0v) is 12.4. The molecule has 2 aromatic heterocycles. The third-order valence-electron chi connectivity index (χ3n) is 4.22. The van der Waals surface area contributed by atoms with Crippen LogP contribution < -0.4 is 10.6 Å². The maximum absolute atomic E-state index is 5.92. The summed E-state index contributed by atoms with van der Waals surface area (Å²) in [5.74, 6) is 1.27. The van der Waals surface area contributed by atoms with Crippen molar-refractivity contribution in [1.29, 1.82) is 0 Å². The molecular weight excluding hydrogens is 274 g/mol. The molecule has 5 heteroatoms. The predicted molar refractivity (Wildman–Crippen MR) is 89.8 cm³/mol. The zero-order valence-electron chi connectivity index (χ0n) is 12.4. The van der Waals surface area contributed by atoms with E-state index in [4.69, 9.17) is 5.73 Å². The fourth-order valence-electron chi connectivity index (χ4n) is 3.12. The molecule has 3 N–H and O–H groups in total. The van der Waals surface area contributed by atoms with Crippen molar-refractivity contribution in [1.82, 2.24) is 15.0 Å². The topological polar surface area (TPSA) is 70.8 Å². The lowest BCUT2D eigenvalue weighted by atomic mass is 10.1. The lowest BCUT2D eigenvalue weighted by Crippen LogP contribution is -2.30. The van der Waals surface area contributed by atoms with E-state index < -0.39 is 0 Å². The number of benzene rings is 1. The Hall–Kier alpha value is -2.56. The molecule has 1 fully saturated rings. The number of nitrogen functional groups attached to an aromatic ring is 1. The van der Waals surface area contributed by atoms with Gasteiger partial charge in [-0.1, -0.05) is 30.3 Å². The molecule has 0 amide bonds.